The minimum atomic E-state index is -2.90. The molecule has 1 amide bonds. The lowest BCUT2D eigenvalue weighted by atomic mass is 10.1. The van der Waals surface area contributed by atoms with Crippen LogP contribution < -0.4 is 10.1 Å². The van der Waals surface area contributed by atoms with Crippen LogP contribution in [-0.2, 0) is 0 Å². The first-order valence-electron chi connectivity index (χ1n) is 8.81. The summed E-state index contributed by atoms with van der Waals surface area (Å²) in [4.78, 5) is 24.4. The molecule has 0 radical (unpaired) electrons. The van der Waals surface area contributed by atoms with Crippen molar-refractivity contribution >= 4 is 28.0 Å². The fourth-order valence-electron chi connectivity index (χ4n) is 2.93. The van der Waals surface area contributed by atoms with Crippen molar-refractivity contribution in [1.82, 2.24) is 30.0 Å². The van der Waals surface area contributed by atoms with Crippen LogP contribution in [-0.4, -0.2) is 42.8 Å². The topological polar surface area (TPSA) is 97.7 Å². The highest BCUT2D eigenvalue weighted by atomic mass is 19.3. The number of fused-ring (bicyclic) bond motifs is 2. The Kier molecular flexibility index (Phi) is 4.40. The van der Waals surface area contributed by atoms with Crippen molar-refractivity contribution in [2.24, 2.45) is 0 Å². The van der Waals surface area contributed by atoms with Crippen molar-refractivity contribution in [2.45, 2.75) is 32.9 Å². The van der Waals surface area contributed by atoms with Crippen molar-refractivity contribution in [3.8, 4) is 11.6 Å². The van der Waals surface area contributed by atoms with Crippen LogP contribution >= 0.6 is 0 Å². The number of halogens is 2. The lowest BCUT2D eigenvalue weighted by molar-refractivity contribution is -0.0497. The Morgan fingerprint density at radius 2 is 2.07 bits per heavy atom. The van der Waals surface area contributed by atoms with Crippen LogP contribution in [0.3, 0.4) is 0 Å². The molecular formula is C19H18F2N6O2. The Hall–Kier alpha value is -3.56. The monoisotopic (exact) mass is 400 g/mol. The number of carbonyl (C=O) groups excluding carboxylic acids is 1. The van der Waals surface area contributed by atoms with E-state index < -0.39 is 12.2 Å². The molecule has 3 aromatic heterocycles. The zero-order valence-corrected chi connectivity index (χ0v) is 15.9. The molecule has 0 spiro atoms. The summed E-state index contributed by atoms with van der Waals surface area (Å²) >= 11 is 0. The van der Waals surface area contributed by atoms with Gasteiger partial charge in [-0.25, -0.2) is 14.6 Å². The molecule has 0 saturated heterocycles. The summed E-state index contributed by atoms with van der Waals surface area (Å²) in [5.41, 5.74) is 1.48. The van der Waals surface area contributed by atoms with Gasteiger partial charge in [0.1, 0.15) is 11.3 Å². The fourth-order valence-corrected chi connectivity index (χ4v) is 2.93. The molecule has 1 aromatic carbocycles. The second kappa shape index (κ2) is 6.80. The molecule has 29 heavy (non-hydrogen) atoms. The number of H-pyrrole nitrogens is 1. The number of nitrogens with one attached hydrogen (secondary N) is 2. The number of alkyl halides is 2. The molecule has 10 heteroatoms. The predicted molar refractivity (Wildman–Crippen MR) is 102 cm³/mol. The van der Waals surface area contributed by atoms with Crippen LogP contribution in [0, 0.1) is 0 Å². The van der Waals surface area contributed by atoms with Crippen LogP contribution in [0.2, 0.25) is 0 Å². The molecule has 3 heterocycles. The molecule has 0 bridgehead atoms. The smallest absolute Gasteiger partial charge is 0.387 e. The summed E-state index contributed by atoms with van der Waals surface area (Å²) < 4.78 is 30.8. The maximum absolute atomic E-state index is 12.6. The highest BCUT2D eigenvalue weighted by molar-refractivity contribution is 6.04. The zero-order valence-electron chi connectivity index (χ0n) is 15.9. The van der Waals surface area contributed by atoms with Gasteiger partial charge in [-0.05, 0) is 39.0 Å². The third kappa shape index (κ3) is 3.73. The van der Waals surface area contributed by atoms with Gasteiger partial charge in [-0.3, -0.25) is 4.79 Å². The molecule has 0 saturated carbocycles. The Morgan fingerprint density at radius 3 is 2.79 bits per heavy atom. The van der Waals surface area contributed by atoms with Gasteiger partial charge in [0.05, 0.1) is 23.5 Å². The minimum Gasteiger partial charge on any atom is -0.435 e. The molecule has 150 valence electrons. The zero-order chi connectivity index (χ0) is 20.8. The van der Waals surface area contributed by atoms with Gasteiger partial charge >= 0.3 is 6.61 Å². The molecule has 2 N–H and O–H groups in total. The van der Waals surface area contributed by atoms with Crippen molar-refractivity contribution in [3.05, 3.63) is 42.4 Å². The molecule has 4 rings (SSSR count). The number of hydrogen-bond acceptors (Lipinski definition) is 5. The number of aromatic nitrogens is 5. The first kappa shape index (κ1) is 18.8. The van der Waals surface area contributed by atoms with E-state index in [1.54, 1.807) is 12.3 Å². The highest BCUT2D eigenvalue weighted by Crippen LogP contribution is 2.24. The third-order valence-corrected chi connectivity index (χ3v) is 4.08. The van der Waals surface area contributed by atoms with E-state index in [0.717, 1.165) is 0 Å². The summed E-state index contributed by atoms with van der Waals surface area (Å²) in [6, 6.07) is 4.50. The van der Waals surface area contributed by atoms with Crippen LogP contribution in [0.15, 0.2) is 36.8 Å². The molecule has 0 aliphatic rings. The van der Waals surface area contributed by atoms with Crippen LogP contribution in [0.1, 0.15) is 31.1 Å². The number of ether oxygens (including phenoxy) is 1. The van der Waals surface area contributed by atoms with Gasteiger partial charge in [0, 0.05) is 17.1 Å². The summed E-state index contributed by atoms with van der Waals surface area (Å²) in [7, 11) is 0. The number of amides is 1. The van der Waals surface area contributed by atoms with E-state index in [1.165, 1.54) is 29.2 Å². The van der Waals surface area contributed by atoms with Gasteiger partial charge in [0.2, 0.25) is 0 Å². The largest absolute Gasteiger partial charge is 0.435 e. The third-order valence-electron chi connectivity index (χ3n) is 4.08. The SMILES string of the molecule is CC(C)(C)NC(=O)c1c[nH]c2ncc(-n3ncc4cc(OC(F)F)ccc43)nc12. The Morgan fingerprint density at radius 1 is 1.28 bits per heavy atom. The van der Waals surface area contributed by atoms with Gasteiger partial charge in [0.25, 0.3) is 5.91 Å². The van der Waals surface area contributed by atoms with E-state index in [0.29, 0.717) is 33.4 Å². The fraction of sp³-hybridized carbons (Fsp3) is 0.263. The van der Waals surface area contributed by atoms with E-state index in [9.17, 15) is 13.6 Å². The number of rotatable bonds is 4. The molecule has 0 aliphatic heterocycles. The molecule has 0 fully saturated rings. The quantitative estimate of drug-likeness (QED) is 0.547. The van der Waals surface area contributed by atoms with Crippen molar-refractivity contribution in [3.63, 3.8) is 0 Å². The van der Waals surface area contributed by atoms with Crippen LogP contribution in [0.5, 0.6) is 5.75 Å². The first-order chi connectivity index (χ1) is 13.7. The normalized spacial score (nSPS) is 12.1. The number of hydrogen-bond donors (Lipinski definition) is 2. The average molecular weight is 400 g/mol. The Labute approximate surface area is 163 Å². The number of nitrogens with zero attached hydrogens (tertiary/aromatic N) is 4. The lowest BCUT2D eigenvalue weighted by Gasteiger charge is -2.20. The summed E-state index contributed by atoms with van der Waals surface area (Å²) in [5.74, 6) is 0.161. The average Bonchev–Trinajstić information content (AvgIpc) is 3.22. The van der Waals surface area contributed by atoms with Crippen molar-refractivity contribution in [1.29, 1.82) is 0 Å². The Balaban J connectivity index is 1.75. The lowest BCUT2D eigenvalue weighted by Crippen LogP contribution is -2.40. The second-order valence-corrected chi connectivity index (χ2v) is 7.49. The maximum atomic E-state index is 12.6. The molecule has 4 aromatic rings. The summed E-state index contributed by atoms with van der Waals surface area (Å²) in [6.07, 6.45) is 4.59. The van der Waals surface area contributed by atoms with E-state index >= 15 is 0 Å². The number of benzene rings is 1. The van der Waals surface area contributed by atoms with Crippen molar-refractivity contribution < 1.29 is 18.3 Å². The minimum absolute atomic E-state index is 0.0420. The summed E-state index contributed by atoms with van der Waals surface area (Å²) in [5, 5.41) is 7.77. The molecule has 8 nitrogen and oxygen atoms in total. The standard InChI is InChI=1S/C19H18F2N6O2/c1-19(2,3)26-17(28)12-8-22-16-15(12)25-14(9-23-16)27-13-5-4-11(29-18(20)21)6-10(13)7-24-27/h4-9,18H,1-3H3,(H,22,23)(H,26,28). The van der Waals surface area contributed by atoms with Gasteiger partial charge < -0.3 is 15.0 Å². The maximum Gasteiger partial charge on any atom is 0.387 e. The molecule has 0 unspecified atom stereocenters. The van der Waals surface area contributed by atoms with E-state index in [1.807, 2.05) is 20.8 Å². The molecule has 0 atom stereocenters. The van der Waals surface area contributed by atoms with E-state index in [2.05, 4.69) is 30.1 Å². The molecule has 0 aliphatic carbocycles. The van der Waals surface area contributed by atoms with Gasteiger partial charge in [-0.2, -0.15) is 13.9 Å². The van der Waals surface area contributed by atoms with Gasteiger partial charge in [-0.1, -0.05) is 0 Å². The van der Waals surface area contributed by atoms with Gasteiger partial charge in [-0.15, -0.1) is 0 Å². The van der Waals surface area contributed by atoms with E-state index in [4.69, 9.17) is 0 Å². The highest BCUT2D eigenvalue weighted by Gasteiger charge is 2.20. The second-order valence-electron chi connectivity index (χ2n) is 7.49. The van der Waals surface area contributed by atoms with Crippen LogP contribution in [0.4, 0.5) is 8.78 Å². The number of aromatic amines is 1. The number of carbonyl (C=O) groups is 1. The predicted octanol–water partition coefficient (Wildman–Crippen LogP) is 3.43. The molecular weight excluding hydrogens is 382 g/mol. The van der Waals surface area contributed by atoms with E-state index in [-0.39, 0.29) is 11.7 Å². The first-order valence-corrected chi connectivity index (χ1v) is 8.81. The van der Waals surface area contributed by atoms with Crippen molar-refractivity contribution in [2.75, 3.05) is 0 Å². The summed E-state index contributed by atoms with van der Waals surface area (Å²) in [6.45, 7) is 2.76. The van der Waals surface area contributed by atoms with Gasteiger partial charge in [0.15, 0.2) is 11.5 Å². The van der Waals surface area contributed by atoms with Crippen LogP contribution in [0.25, 0.3) is 27.9 Å². The Bertz CT molecular complexity index is 1210.